The Balaban J connectivity index is 2.65. The molecule has 1 rings (SSSR count). The molecule has 0 aliphatic carbocycles. The Labute approximate surface area is 108 Å². The van der Waals surface area contributed by atoms with Crippen molar-refractivity contribution >= 4 is 10.0 Å². The van der Waals surface area contributed by atoms with Gasteiger partial charge in [0.2, 0.25) is 10.0 Å². The minimum Gasteiger partial charge on any atom is -0.494 e. The van der Waals surface area contributed by atoms with Crippen molar-refractivity contribution in [2.45, 2.75) is 18.2 Å². The zero-order valence-corrected chi connectivity index (χ0v) is 11.5. The van der Waals surface area contributed by atoms with E-state index in [9.17, 15) is 8.42 Å². The highest BCUT2D eigenvalue weighted by molar-refractivity contribution is 7.89. The van der Waals surface area contributed by atoms with Gasteiger partial charge in [-0.1, -0.05) is 6.92 Å². The standard InChI is InChI=1S/C12H19NO4S/c1-3-9-17-11-4-6-12(7-5-11)18(14,15)13-8-10-16-2/h4-7,13H,3,8-10H2,1-2H3. The van der Waals surface area contributed by atoms with Gasteiger partial charge in [0.1, 0.15) is 5.75 Å². The maximum absolute atomic E-state index is 11.8. The quantitative estimate of drug-likeness (QED) is 0.727. The Bertz CT molecular complexity index is 442. The summed E-state index contributed by atoms with van der Waals surface area (Å²) in [6.45, 7) is 3.24. The number of hydrogen-bond acceptors (Lipinski definition) is 4. The van der Waals surface area contributed by atoms with E-state index in [2.05, 4.69) is 4.72 Å². The SMILES string of the molecule is CCCOc1ccc(S(=O)(=O)NCCOC)cc1. The molecule has 0 atom stereocenters. The van der Waals surface area contributed by atoms with Gasteiger partial charge in [0.15, 0.2) is 0 Å². The minimum atomic E-state index is -3.46. The van der Waals surface area contributed by atoms with Crippen LogP contribution in [0.25, 0.3) is 0 Å². The molecular weight excluding hydrogens is 254 g/mol. The molecule has 0 unspecified atom stereocenters. The number of hydrogen-bond donors (Lipinski definition) is 1. The zero-order valence-electron chi connectivity index (χ0n) is 10.7. The van der Waals surface area contributed by atoms with Crippen molar-refractivity contribution in [1.82, 2.24) is 4.72 Å². The Morgan fingerprint density at radius 3 is 2.39 bits per heavy atom. The molecule has 0 spiro atoms. The van der Waals surface area contributed by atoms with Crippen molar-refractivity contribution in [1.29, 1.82) is 0 Å². The van der Waals surface area contributed by atoms with Crippen LogP contribution in [0, 0.1) is 0 Å². The molecule has 0 saturated carbocycles. The number of benzene rings is 1. The molecule has 0 aromatic heterocycles. The van der Waals surface area contributed by atoms with Crippen LogP contribution in [0.15, 0.2) is 29.2 Å². The van der Waals surface area contributed by atoms with Crippen molar-refractivity contribution in [2.24, 2.45) is 0 Å². The largest absolute Gasteiger partial charge is 0.494 e. The molecule has 0 aliphatic heterocycles. The molecule has 0 fully saturated rings. The van der Waals surface area contributed by atoms with Gasteiger partial charge in [0.25, 0.3) is 0 Å². The summed E-state index contributed by atoms with van der Waals surface area (Å²) >= 11 is 0. The van der Waals surface area contributed by atoms with E-state index in [4.69, 9.17) is 9.47 Å². The first-order valence-corrected chi connectivity index (χ1v) is 7.30. The molecule has 0 bridgehead atoms. The monoisotopic (exact) mass is 273 g/mol. The summed E-state index contributed by atoms with van der Waals surface area (Å²) in [5.74, 6) is 0.674. The van der Waals surface area contributed by atoms with E-state index in [-0.39, 0.29) is 11.4 Å². The van der Waals surface area contributed by atoms with E-state index in [1.807, 2.05) is 6.92 Å². The number of nitrogens with one attached hydrogen (secondary N) is 1. The molecule has 18 heavy (non-hydrogen) atoms. The summed E-state index contributed by atoms with van der Waals surface area (Å²) in [4.78, 5) is 0.224. The Hall–Kier alpha value is -1.11. The summed E-state index contributed by atoms with van der Waals surface area (Å²) < 4.78 is 36.3. The van der Waals surface area contributed by atoms with Crippen LogP contribution in [0.4, 0.5) is 0 Å². The van der Waals surface area contributed by atoms with E-state index in [1.54, 1.807) is 12.1 Å². The lowest BCUT2D eigenvalue weighted by atomic mass is 10.3. The van der Waals surface area contributed by atoms with Crippen molar-refractivity contribution in [3.05, 3.63) is 24.3 Å². The molecule has 0 saturated heterocycles. The molecule has 0 amide bonds. The fourth-order valence-corrected chi connectivity index (χ4v) is 2.31. The van der Waals surface area contributed by atoms with Crippen LogP contribution in [0.1, 0.15) is 13.3 Å². The maximum Gasteiger partial charge on any atom is 0.240 e. The van der Waals surface area contributed by atoms with Gasteiger partial charge in [-0.3, -0.25) is 0 Å². The first-order valence-electron chi connectivity index (χ1n) is 5.81. The maximum atomic E-state index is 11.8. The normalized spacial score (nSPS) is 11.4. The summed E-state index contributed by atoms with van der Waals surface area (Å²) in [7, 11) is -1.93. The molecule has 1 aromatic carbocycles. The van der Waals surface area contributed by atoms with Crippen molar-refractivity contribution in [2.75, 3.05) is 26.9 Å². The Morgan fingerprint density at radius 2 is 1.83 bits per heavy atom. The van der Waals surface area contributed by atoms with Gasteiger partial charge >= 0.3 is 0 Å². The van der Waals surface area contributed by atoms with E-state index >= 15 is 0 Å². The van der Waals surface area contributed by atoms with E-state index in [0.29, 0.717) is 19.0 Å². The lowest BCUT2D eigenvalue weighted by Gasteiger charge is -2.08. The number of sulfonamides is 1. The van der Waals surface area contributed by atoms with Gasteiger partial charge in [0, 0.05) is 13.7 Å². The second-order valence-corrected chi connectivity index (χ2v) is 5.48. The highest BCUT2D eigenvalue weighted by Gasteiger charge is 2.12. The highest BCUT2D eigenvalue weighted by atomic mass is 32.2. The van der Waals surface area contributed by atoms with Crippen LogP contribution >= 0.6 is 0 Å². The van der Waals surface area contributed by atoms with Crippen LogP contribution in [0.3, 0.4) is 0 Å². The van der Waals surface area contributed by atoms with Gasteiger partial charge in [0.05, 0.1) is 18.1 Å². The molecule has 1 aromatic rings. The molecule has 102 valence electrons. The predicted octanol–water partition coefficient (Wildman–Crippen LogP) is 1.40. The first-order chi connectivity index (χ1) is 8.60. The third-order valence-electron chi connectivity index (χ3n) is 2.21. The summed E-state index contributed by atoms with van der Waals surface area (Å²) in [6.07, 6.45) is 0.915. The molecule has 0 radical (unpaired) electrons. The number of ether oxygens (including phenoxy) is 2. The van der Waals surface area contributed by atoms with Gasteiger partial charge < -0.3 is 9.47 Å². The highest BCUT2D eigenvalue weighted by Crippen LogP contribution is 2.15. The summed E-state index contributed by atoms with van der Waals surface area (Å²) in [5.41, 5.74) is 0. The second-order valence-electron chi connectivity index (χ2n) is 3.71. The molecular formula is C12H19NO4S. The van der Waals surface area contributed by atoms with Crippen LogP contribution in [0.5, 0.6) is 5.75 Å². The molecule has 1 N–H and O–H groups in total. The fraction of sp³-hybridized carbons (Fsp3) is 0.500. The lowest BCUT2D eigenvalue weighted by Crippen LogP contribution is -2.27. The third kappa shape index (κ3) is 4.64. The van der Waals surface area contributed by atoms with E-state index in [1.165, 1.54) is 19.2 Å². The third-order valence-corrected chi connectivity index (χ3v) is 3.68. The van der Waals surface area contributed by atoms with Gasteiger partial charge in [-0.25, -0.2) is 13.1 Å². The molecule has 0 heterocycles. The van der Waals surface area contributed by atoms with Crippen LogP contribution < -0.4 is 9.46 Å². The Kier molecular flexibility index (Phi) is 6.11. The molecule has 6 heteroatoms. The zero-order chi connectivity index (χ0) is 13.4. The topological polar surface area (TPSA) is 64.6 Å². The molecule has 0 aliphatic rings. The van der Waals surface area contributed by atoms with Crippen LogP contribution in [-0.2, 0) is 14.8 Å². The average molecular weight is 273 g/mol. The van der Waals surface area contributed by atoms with Crippen molar-refractivity contribution in [3.8, 4) is 5.75 Å². The van der Waals surface area contributed by atoms with Gasteiger partial charge in [-0.05, 0) is 30.7 Å². The molecule has 5 nitrogen and oxygen atoms in total. The predicted molar refractivity (Wildman–Crippen MR) is 69.3 cm³/mol. The van der Waals surface area contributed by atoms with Gasteiger partial charge in [-0.2, -0.15) is 0 Å². The summed E-state index contributed by atoms with van der Waals surface area (Å²) in [6, 6.07) is 6.36. The number of rotatable bonds is 8. The van der Waals surface area contributed by atoms with E-state index < -0.39 is 10.0 Å². The van der Waals surface area contributed by atoms with Gasteiger partial charge in [-0.15, -0.1) is 0 Å². The minimum absolute atomic E-state index is 0.224. The first kappa shape index (κ1) is 14.9. The van der Waals surface area contributed by atoms with Crippen LogP contribution in [0.2, 0.25) is 0 Å². The van der Waals surface area contributed by atoms with Crippen molar-refractivity contribution < 1.29 is 17.9 Å². The second kappa shape index (κ2) is 7.35. The average Bonchev–Trinajstić information content (AvgIpc) is 2.37. The number of methoxy groups -OCH3 is 1. The summed E-state index contributed by atoms with van der Waals surface area (Å²) in [5, 5.41) is 0. The smallest absolute Gasteiger partial charge is 0.240 e. The van der Waals surface area contributed by atoms with Crippen LogP contribution in [-0.4, -0.2) is 35.3 Å². The lowest BCUT2D eigenvalue weighted by molar-refractivity contribution is 0.204. The fourth-order valence-electron chi connectivity index (χ4n) is 1.30. The van der Waals surface area contributed by atoms with E-state index in [0.717, 1.165) is 6.42 Å². The van der Waals surface area contributed by atoms with Crippen molar-refractivity contribution in [3.63, 3.8) is 0 Å². The Morgan fingerprint density at radius 1 is 1.17 bits per heavy atom.